The van der Waals surface area contributed by atoms with Crippen LogP contribution in [0.15, 0.2) is 48.5 Å². The Kier molecular flexibility index (Phi) is 4.63. The maximum absolute atomic E-state index is 10.9. The third kappa shape index (κ3) is 3.15. The van der Waals surface area contributed by atoms with Gasteiger partial charge in [-0.1, -0.05) is 30.3 Å². The predicted octanol–water partition coefficient (Wildman–Crippen LogP) is 3.74. The summed E-state index contributed by atoms with van der Waals surface area (Å²) >= 11 is 0. The molecule has 3 rings (SSSR count). The zero-order chi connectivity index (χ0) is 17.8. The number of nitro benzene ring substituents is 1. The zero-order valence-electron chi connectivity index (χ0n) is 13.5. The Morgan fingerprint density at radius 1 is 1.20 bits per heavy atom. The Balaban J connectivity index is 1.98. The van der Waals surface area contributed by atoms with Gasteiger partial charge in [0, 0.05) is 24.7 Å². The Morgan fingerprint density at radius 2 is 1.96 bits per heavy atom. The average molecular weight is 332 g/mol. The highest BCUT2D eigenvalue weighted by Crippen LogP contribution is 2.36. The third-order valence-electron chi connectivity index (χ3n) is 4.60. The quantitative estimate of drug-likeness (QED) is 0.628. The molecule has 0 amide bonds. The van der Waals surface area contributed by atoms with E-state index in [-0.39, 0.29) is 23.2 Å². The predicted molar refractivity (Wildman–Crippen MR) is 93.0 cm³/mol. The Bertz CT molecular complexity index is 867. The fourth-order valence-corrected chi connectivity index (χ4v) is 3.46. The lowest BCUT2D eigenvalue weighted by Crippen LogP contribution is -2.34. The smallest absolute Gasteiger partial charge is 0.270 e. The van der Waals surface area contributed by atoms with E-state index in [4.69, 9.17) is 0 Å². The van der Waals surface area contributed by atoms with Gasteiger partial charge in [0.05, 0.1) is 28.2 Å². The van der Waals surface area contributed by atoms with Gasteiger partial charge >= 0.3 is 0 Å². The third-order valence-corrected chi connectivity index (χ3v) is 4.60. The minimum atomic E-state index is -0.506. The molecule has 0 N–H and O–H groups in total. The van der Waals surface area contributed by atoms with Gasteiger partial charge in [0.1, 0.15) is 6.07 Å². The summed E-state index contributed by atoms with van der Waals surface area (Å²) in [6.07, 6.45) is 1.76. The van der Waals surface area contributed by atoms with Crippen molar-refractivity contribution >= 4 is 11.4 Å². The number of rotatable bonds is 4. The maximum atomic E-state index is 10.9. The Labute approximate surface area is 145 Å². The summed E-state index contributed by atoms with van der Waals surface area (Å²) in [6.45, 7) is 0.724. The molecule has 6 heteroatoms. The molecule has 0 saturated carbocycles. The number of nitrogens with zero attached hydrogens (tertiary/aromatic N) is 4. The Hall–Kier alpha value is -3.38. The first-order valence-corrected chi connectivity index (χ1v) is 8.05. The first-order valence-electron chi connectivity index (χ1n) is 8.05. The van der Waals surface area contributed by atoms with E-state index in [1.807, 2.05) is 35.2 Å². The summed E-state index contributed by atoms with van der Waals surface area (Å²) in [5, 5.41) is 30.1. The van der Waals surface area contributed by atoms with Gasteiger partial charge < -0.3 is 4.90 Å². The number of anilines is 1. The summed E-state index contributed by atoms with van der Waals surface area (Å²) in [5.74, 6) is -0.314. The van der Waals surface area contributed by atoms with Gasteiger partial charge in [-0.15, -0.1) is 0 Å². The molecular weight excluding hydrogens is 316 g/mol. The van der Waals surface area contributed by atoms with Crippen LogP contribution in [0, 0.1) is 32.8 Å². The van der Waals surface area contributed by atoms with Crippen molar-refractivity contribution in [2.45, 2.75) is 24.8 Å². The van der Waals surface area contributed by atoms with Crippen molar-refractivity contribution in [1.29, 1.82) is 10.5 Å². The van der Waals surface area contributed by atoms with E-state index in [0.717, 1.165) is 24.9 Å². The van der Waals surface area contributed by atoms with E-state index in [9.17, 15) is 20.6 Å². The molecule has 0 spiro atoms. The molecule has 1 saturated heterocycles. The molecule has 6 nitrogen and oxygen atoms in total. The molecule has 1 fully saturated rings. The minimum Gasteiger partial charge on any atom is -0.366 e. The second kappa shape index (κ2) is 7.02. The highest BCUT2D eigenvalue weighted by Gasteiger charge is 2.34. The van der Waals surface area contributed by atoms with Crippen LogP contribution in [0.1, 0.15) is 29.9 Å². The topological polar surface area (TPSA) is 94.0 Å². The van der Waals surface area contributed by atoms with Crippen LogP contribution in [0.25, 0.3) is 0 Å². The number of nitriles is 2. The van der Waals surface area contributed by atoms with Gasteiger partial charge in [-0.25, -0.2) is 0 Å². The highest BCUT2D eigenvalue weighted by molar-refractivity contribution is 5.64. The van der Waals surface area contributed by atoms with E-state index in [1.165, 1.54) is 12.1 Å². The minimum absolute atomic E-state index is 0.0547. The highest BCUT2D eigenvalue weighted by atomic mass is 16.6. The fraction of sp³-hybridized carbons (Fsp3) is 0.263. The van der Waals surface area contributed by atoms with Crippen LogP contribution in [0.4, 0.5) is 11.4 Å². The summed E-state index contributed by atoms with van der Waals surface area (Å²) in [6, 6.07) is 18.3. The van der Waals surface area contributed by atoms with Crippen LogP contribution in [0.2, 0.25) is 0 Å². The molecule has 0 bridgehead atoms. The molecule has 1 aliphatic heterocycles. The normalized spacial score (nSPS) is 17.5. The molecule has 124 valence electrons. The monoisotopic (exact) mass is 332 g/mol. The van der Waals surface area contributed by atoms with E-state index >= 15 is 0 Å². The van der Waals surface area contributed by atoms with Crippen molar-refractivity contribution in [3.05, 3.63) is 69.8 Å². The zero-order valence-corrected chi connectivity index (χ0v) is 13.5. The summed E-state index contributed by atoms with van der Waals surface area (Å²) in [4.78, 5) is 12.5. The molecule has 1 aliphatic rings. The second-order valence-electron chi connectivity index (χ2n) is 5.99. The van der Waals surface area contributed by atoms with Crippen LogP contribution >= 0.6 is 0 Å². The van der Waals surface area contributed by atoms with Crippen molar-refractivity contribution in [2.75, 3.05) is 11.4 Å². The van der Waals surface area contributed by atoms with Gasteiger partial charge in [0.15, 0.2) is 0 Å². The van der Waals surface area contributed by atoms with Gasteiger partial charge in [0.2, 0.25) is 0 Å². The van der Waals surface area contributed by atoms with Crippen LogP contribution in [-0.4, -0.2) is 17.5 Å². The molecule has 1 heterocycles. The first kappa shape index (κ1) is 16.5. The van der Waals surface area contributed by atoms with E-state index in [1.54, 1.807) is 6.07 Å². The molecule has 25 heavy (non-hydrogen) atoms. The lowest BCUT2D eigenvalue weighted by atomic mass is 9.90. The molecule has 0 aliphatic carbocycles. The molecule has 2 aromatic carbocycles. The largest absolute Gasteiger partial charge is 0.366 e. The van der Waals surface area contributed by atoms with E-state index in [2.05, 4.69) is 12.1 Å². The van der Waals surface area contributed by atoms with Crippen LogP contribution in [0.5, 0.6) is 0 Å². The summed E-state index contributed by atoms with van der Waals surface area (Å²) in [7, 11) is 0. The van der Waals surface area contributed by atoms with E-state index in [0.29, 0.717) is 5.69 Å². The van der Waals surface area contributed by atoms with Crippen molar-refractivity contribution in [1.82, 2.24) is 0 Å². The second-order valence-corrected chi connectivity index (χ2v) is 5.99. The van der Waals surface area contributed by atoms with Gasteiger partial charge in [-0.2, -0.15) is 10.5 Å². The Morgan fingerprint density at radius 3 is 2.60 bits per heavy atom. The van der Waals surface area contributed by atoms with Crippen molar-refractivity contribution in [3.63, 3.8) is 0 Å². The maximum Gasteiger partial charge on any atom is 0.270 e. The first-order chi connectivity index (χ1) is 12.2. The lowest BCUT2D eigenvalue weighted by molar-refractivity contribution is -0.384. The number of non-ortho nitro benzene ring substituents is 1. The summed E-state index contributed by atoms with van der Waals surface area (Å²) < 4.78 is 0. The van der Waals surface area contributed by atoms with Crippen molar-refractivity contribution in [3.8, 4) is 12.1 Å². The molecule has 0 aromatic heterocycles. The number of nitro groups is 1. The van der Waals surface area contributed by atoms with E-state index < -0.39 is 4.92 Å². The molecule has 2 aromatic rings. The van der Waals surface area contributed by atoms with Crippen molar-refractivity contribution < 1.29 is 4.92 Å². The van der Waals surface area contributed by atoms with Gasteiger partial charge in [0.25, 0.3) is 5.69 Å². The fourth-order valence-electron chi connectivity index (χ4n) is 3.46. The van der Waals surface area contributed by atoms with Crippen molar-refractivity contribution in [2.24, 2.45) is 0 Å². The molecular formula is C19H16N4O2. The van der Waals surface area contributed by atoms with Crippen LogP contribution < -0.4 is 4.90 Å². The number of hydrogen-bond donors (Lipinski definition) is 0. The van der Waals surface area contributed by atoms with Crippen LogP contribution in [0.3, 0.4) is 0 Å². The van der Waals surface area contributed by atoms with Gasteiger partial charge in [-0.3, -0.25) is 10.1 Å². The molecule has 2 unspecified atom stereocenters. The van der Waals surface area contributed by atoms with Crippen LogP contribution in [-0.2, 0) is 0 Å². The standard InChI is InChI=1S/C19H16N4O2/c20-12-15-11-16(23(24)25)8-9-18(15)22-10-4-7-19(22)17(13-21)14-5-2-1-3-6-14/h1-3,5-6,8-9,11,17,19H,4,7,10H2. The lowest BCUT2D eigenvalue weighted by Gasteiger charge is -2.30. The molecule has 2 atom stereocenters. The number of hydrogen-bond acceptors (Lipinski definition) is 5. The number of benzene rings is 2. The molecule has 0 radical (unpaired) electrons. The average Bonchev–Trinajstić information content (AvgIpc) is 3.12. The summed E-state index contributed by atoms with van der Waals surface area (Å²) in [5.41, 5.74) is 1.77. The van der Waals surface area contributed by atoms with Gasteiger partial charge in [-0.05, 0) is 24.5 Å². The SMILES string of the molecule is N#Cc1cc([N+](=O)[O-])ccc1N1CCCC1C(C#N)c1ccccc1.